The Morgan fingerprint density at radius 2 is 1.54 bits per heavy atom. The molecule has 198 valence electrons. The van der Waals surface area contributed by atoms with E-state index in [0.717, 1.165) is 24.3 Å². The molecule has 0 bridgehead atoms. The Hall–Kier alpha value is -6.04. The number of nitro groups is 3. The molecule has 0 atom stereocenters. The molecule has 0 radical (unpaired) electrons. The molecule has 0 aromatic heterocycles. The minimum absolute atomic E-state index is 0.00317. The first kappa shape index (κ1) is 27.5. The second kappa shape index (κ2) is 11.8. The van der Waals surface area contributed by atoms with E-state index in [1.54, 1.807) is 6.07 Å². The van der Waals surface area contributed by atoms with Gasteiger partial charge in [0.05, 0.1) is 41.1 Å². The van der Waals surface area contributed by atoms with Gasteiger partial charge in [0.1, 0.15) is 23.1 Å². The maximum absolute atomic E-state index is 12.7. The van der Waals surface area contributed by atoms with Crippen LogP contribution in [0.1, 0.15) is 5.56 Å². The van der Waals surface area contributed by atoms with Gasteiger partial charge in [0.2, 0.25) is 5.75 Å². The smallest absolute Gasteiger partial charge is 0.318 e. The van der Waals surface area contributed by atoms with Crippen molar-refractivity contribution in [3.63, 3.8) is 0 Å². The molecular formula is C24H17N5O10. The number of methoxy groups -OCH3 is 2. The van der Waals surface area contributed by atoms with Crippen LogP contribution in [-0.2, 0) is 4.79 Å². The molecular weight excluding hydrogens is 518 g/mol. The summed E-state index contributed by atoms with van der Waals surface area (Å²) in [5, 5.41) is 45.5. The van der Waals surface area contributed by atoms with E-state index in [1.165, 1.54) is 50.6 Å². The zero-order chi connectivity index (χ0) is 28.7. The Labute approximate surface area is 218 Å². The van der Waals surface area contributed by atoms with Crippen molar-refractivity contribution < 1.29 is 33.8 Å². The number of carbonyl (C=O) groups is 1. The number of amides is 1. The van der Waals surface area contributed by atoms with Crippen LogP contribution in [0.3, 0.4) is 0 Å². The highest BCUT2D eigenvalue weighted by Gasteiger charge is 2.23. The number of hydrogen-bond donors (Lipinski definition) is 1. The zero-order valence-corrected chi connectivity index (χ0v) is 20.1. The highest BCUT2D eigenvalue weighted by Crippen LogP contribution is 2.38. The SMILES string of the molecule is COc1ccc(NC(=O)/C(C#N)=C/c2ccc(Oc3ccc([N+](=O)[O-])cc3[N+](=O)[O-])c(OC)c2)c([N+](=O)[O-])c1. The Morgan fingerprint density at radius 1 is 0.846 bits per heavy atom. The molecule has 39 heavy (non-hydrogen) atoms. The van der Waals surface area contributed by atoms with Crippen molar-refractivity contribution >= 4 is 34.7 Å². The predicted octanol–water partition coefficient (Wildman–Crippen LogP) is 4.77. The number of benzene rings is 3. The fourth-order valence-corrected chi connectivity index (χ4v) is 3.23. The second-order valence-electron chi connectivity index (χ2n) is 7.44. The third-order valence-electron chi connectivity index (χ3n) is 5.08. The summed E-state index contributed by atoms with van der Waals surface area (Å²) in [7, 11) is 2.60. The van der Waals surface area contributed by atoms with Crippen LogP contribution < -0.4 is 19.5 Å². The Balaban J connectivity index is 1.90. The number of rotatable bonds is 10. The first-order chi connectivity index (χ1) is 18.6. The van der Waals surface area contributed by atoms with Gasteiger partial charge in [-0.25, -0.2) is 0 Å². The first-order valence-electron chi connectivity index (χ1n) is 10.6. The average molecular weight is 535 g/mol. The topological polar surface area (TPSA) is 210 Å². The minimum atomic E-state index is -0.924. The molecule has 0 aliphatic heterocycles. The number of ether oxygens (including phenoxy) is 3. The molecule has 0 fully saturated rings. The van der Waals surface area contributed by atoms with Crippen molar-refractivity contribution in [1.29, 1.82) is 5.26 Å². The average Bonchev–Trinajstić information content (AvgIpc) is 2.92. The number of nitrogens with one attached hydrogen (secondary N) is 1. The molecule has 0 unspecified atom stereocenters. The molecule has 0 aliphatic carbocycles. The van der Waals surface area contributed by atoms with E-state index in [2.05, 4.69) is 5.32 Å². The Kier molecular flexibility index (Phi) is 8.33. The van der Waals surface area contributed by atoms with Crippen LogP contribution >= 0.6 is 0 Å². The van der Waals surface area contributed by atoms with E-state index in [9.17, 15) is 40.4 Å². The number of non-ortho nitro benzene ring substituents is 1. The van der Waals surface area contributed by atoms with Gasteiger partial charge in [-0.05, 0) is 42.0 Å². The number of nitriles is 1. The summed E-state index contributed by atoms with van der Waals surface area (Å²) in [6.45, 7) is 0. The lowest BCUT2D eigenvalue weighted by Gasteiger charge is -2.11. The van der Waals surface area contributed by atoms with Crippen molar-refractivity contribution in [2.45, 2.75) is 0 Å². The van der Waals surface area contributed by atoms with Crippen LogP contribution in [0.4, 0.5) is 22.7 Å². The largest absolute Gasteiger partial charge is 0.496 e. The predicted molar refractivity (Wildman–Crippen MR) is 135 cm³/mol. The molecule has 0 heterocycles. The van der Waals surface area contributed by atoms with Crippen molar-refractivity contribution in [2.24, 2.45) is 0 Å². The first-order valence-corrected chi connectivity index (χ1v) is 10.6. The van der Waals surface area contributed by atoms with E-state index in [-0.39, 0.29) is 34.2 Å². The van der Waals surface area contributed by atoms with Crippen LogP contribution in [0.15, 0.2) is 60.2 Å². The van der Waals surface area contributed by atoms with Crippen LogP contribution in [0.2, 0.25) is 0 Å². The molecule has 3 rings (SSSR count). The Morgan fingerprint density at radius 3 is 2.13 bits per heavy atom. The van der Waals surface area contributed by atoms with Gasteiger partial charge < -0.3 is 19.5 Å². The third-order valence-corrected chi connectivity index (χ3v) is 5.08. The quantitative estimate of drug-likeness (QED) is 0.162. The number of anilines is 1. The molecule has 0 spiro atoms. The summed E-state index contributed by atoms with van der Waals surface area (Å²) in [5.74, 6) is -0.954. The van der Waals surface area contributed by atoms with Crippen LogP contribution in [-0.4, -0.2) is 34.9 Å². The van der Waals surface area contributed by atoms with E-state index in [0.29, 0.717) is 0 Å². The van der Waals surface area contributed by atoms with Crippen molar-refractivity contribution in [3.05, 3.63) is 96.1 Å². The molecule has 0 aliphatic rings. The molecule has 1 amide bonds. The summed E-state index contributed by atoms with van der Waals surface area (Å²) >= 11 is 0. The molecule has 0 saturated heterocycles. The number of hydrogen-bond acceptors (Lipinski definition) is 11. The molecule has 15 nitrogen and oxygen atoms in total. The van der Waals surface area contributed by atoms with Gasteiger partial charge >= 0.3 is 5.69 Å². The van der Waals surface area contributed by atoms with Gasteiger partial charge in [0.15, 0.2) is 11.5 Å². The van der Waals surface area contributed by atoms with Crippen molar-refractivity contribution in [3.8, 4) is 29.1 Å². The highest BCUT2D eigenvalue weighted by atomic mass is 16.6. The maximum Gasteiger partial charge on any atom is 0.318 e. The number of nitro benzene ring substituents is 3. The van der Waals surface area contributed by atoms with Gasteiger partial charge in [0.25, 0.3) is 17.3 Å². The van der Waals surface area contributed by atoms with Crippen LogP contribution in [0.25, 0.3) is 6.08 Å². The standard InChI is InChI=1S/C24H17N5O10/c1-37-17-5-6-18(19(12-17)28(33)34)26-24(30)15(13-25)9-14-3-7-22(23(10-14)38-2)39-21-8-4-16(27(31)32)11-20(21)29(35)36/h3-12H,1-2H3,(H,26,30)/b15-9+. The zero-order valence-electron chi connectivity index (χ0n) is 20.1. The van der Waals surface area contributed by atoms with Gasteiger partial charge in [-0.1, -0.05) is 6.07 Å². The normalized spacial score (nSPS) is 10.6. The highest BCUT2D eigenvalue weighted by molar-refractivity contribution is 6.10. The van der Waals surface area contributed by atoms with E-state index in [1.807, 2.05) is 0 Å². The van der Waals surface area contributed by atoms with Gasteiger partial charge in [-0.15, -0.1) is 0 Å². The van der Waals surface area contributed by atoms with Gasteiger partial charge in [-0.3, -0.25) is 35.1 Å². The summed E-state index contributed by atoms with van der Waals surface area (Å²) < 4.78 is 15.8. The summed E-state index contributed by atoms with van der Waals surface area (Å²) in [5.41, 5.74) is -1.85. The number of carbonyl (C=O) groups excluding carboxylic acids is 1. The molecule has 3 aromatic carbocycles. The molecule has 0 saturated carbocycles. The van der Waals surface area contributed by atoms with Crippen molar-refractivity contribution in [1.82, 2.24) is 0 Å². The van der Waals surface area contributed by atoms with E-state index in [4.69, 9.17) is 14.2 Å². The lowest BCUT2D eigenvalue weighted by atomic mass is 10.1. The lowest BCUT2D eigenvalue weighted by Crippen LogP contribution is -2.14. The number of nitrogens with zero attached hydrogens (tertiary/aromatic N) is 4. The Bertz CT molecular complexity index is 1560. The van der Waals surface area contributed by atoms with Gasteiger partial charge in [-0.2, -0.15) is 5.26 Å². The summed E-state index contributed by atoms with van der Waals surface area (Å²) in [6.07, 6.45) is 1.19. The lowest BCUT2D eigenvalue weighted by molar-refractivity contribution is -0.394. The minimum Gasteiger partial charge on any atom is -0.496 e. The van der Waals surface area contributed by atoms with Crippen molar-refractivity contribution in [2.75, 3.05) is 19.5 Å². The molecule has 15 heteroatoms. The fraction of sp³-hybridized carbons (Fsp3) is 0.0833. The second-order valence-corrected chi connectivity index (χ2v) is 7.44. The summed E-state index contributed by atoms with van der Waals surface area (Å²) in [6, 6.07) is 12.5. The maximum atomic E-state index is 12.7. The fourth-order valence-electron chi connectivity index (χ4n) is 3.23. The molecule has 1 N–H and O–H groups in total. The third kappa shape index (κ3) is 6.40. The van der Waals surface area contributed by atoms with Gasteiger partial charge in [0, 0.05) is 6.07 Å². The summed E-state index contributed by atoms with van der Waals surface area (Å²) in [4.78, 5) is 44.1. The molecule has 3 aromatic rings. The van der Waals surface area contributed by atoms with Crippen LogP contribution in [0.5, 0.6) is 23.0 Å². The van der Waals surface area contributed by atoms with E-state index >= 15 is 0 Å². The van der Waals surface area contributed by atoms with Crippen LogP contribution in [0, 0.1) is 41.7 Å². The van der Waals surface area contributed by atoms with E-state index < -0.39 is 43.3 Å². The monoisotopic (exact) mass is 535 g/mol.